The molecule has 0 fully saturated rings. The molecule has 0 bridgehead atoms. The van der Waals surface area contributed by atoms with Crippen LogP contribution in [0.4, 0.5) is 0 Å². The maximum atomic E-state index is 11.5. The molecule has 0 aliphatic carbocycles. The van der Waals surface area contributed by atoms with Crippen LogP contribution >= 0.6 is 47.0 Å². The minimum Gasteiger partial charge on any atom is -0.490 e. The Balaban J connectivity index is 0.000000687. The SMILES string of the molecule is C.C.C.C.C.C=CC(=O)OC(COc1ccccc1)COc1ccccc1.C=CC(=O)OC(CSc1ccccc1)CSc1ccccc1.C=CC(=O)OCC(COc1ccccc1)Oc1ccccc1.C=CC(=O)OCC(CSc1ccccc1)Sc1ccccc1.C=CC(=O)Oc1ccc(Cc2ccccc2)cc1. The highest BCUT2D eigenvalue weighted by molar-refractivity contribution is 8.03. The van der Waals surface area contributed by atoms with Crippen molar-refractivity contribution in [1.82, 2.24) is 0 Å². The number of carbonyl (C=O) groups excluding carboxylic acids is 5. The van der Waals surface area contributed by atoms with Gasteiger partial charge in [0.1, 0.15) is 67.9 Å². The molecule has 0 radical (unpaired) electrons. The van der Waals surface area contributed by atoms with Crippen molar-refractivity contribution >= 4 is 76.9 Å². The minimum absolute atomic E-state index is 0. The zero-order chi connectivity index (χ0) is 75.3. The first-order chi connectivity index (χ1) is 51.9. The summed E-state index contributed by atoms with van der Waals surface area (Å²) in [6.45, 7) is 18.2. The maximum Gasteiger partial charge on any atom is 0.335 e. The van der Waals surface area contributed by atoms with Crippen molar-refractivity contribution in [2.45, 2.75) is 86.7 Å². The van der Waals surface area contributed by atoms with Gasteiger partial charge in [0, 0.05) is 67.2 Å². The second kappa shape index (κ2) is 60.7. The van der Waals surface area contributed by atoms with Crippen LogP contribution in [0.2, 0.25) is 0 Å². The van der Waals surface area contributed by atoms with Gasteiger partial charge in [-0.25, -0.2) is 24.0 Å². The average molecular weight is 1580 g/mol. The van der Waals surface area contributed by atoms with E-state index in [1.807, 2.05) is 224 Å². The highest BCUT2D eigenvalue weighted by Gasteiger charge is 2.19. The van der Waals surface area contributed by atoms with E-state index in [0.717, 1.165) is 47.7 Å². The number of rotatable bonds is 36. The lowest BCUT2D eigenvalue weighted by atomic mass is 10.1. The third-order valence-electron chi connectivity index (χ3n) is 13.8. The first-order valence-corrected chi connectivity index (χ1v) is 37.4. The standard InChI is InChI=1S/2C18H18O4.2C18H18O2S2.C16H14O2.5CH4/c1-2-18(19)21-14-17(22-16-11-7-4-8-12-16)13-20-15-9-5-3-6-10-15;1-2-18(19)22-17(13-20-15-9-5-3-6-10-15)14-21-16-11-7-4-8-12-16;1-2-18(19)20-15(13-21-16-9-5-3-6-10-16)14-22-17-11-7-4-8-12-17;1-2-18(19)20-13-17(22-16-11-7-4-8-12-16)14-21-15-9-5-3-6-10-15;1-2-16(17)18-15-10-8-14(9-11-15)12-13-6-4-3-5-7-13;;;;;/h2*2-12,17H,1,13-14H2;2-12,15H,1,13-14H2;2-12,17H,1,13-14H2;2-11H,1,12H2;5*1H4. The van der Waals surface area contributed by atoms with Gasteiger partial charge in [-0.1, -0.05) is 258 Å². The third kappa shape index (κ3) is 44.2. The Morgan fingerprint density at radius 3 is 0.973 bits per heavy atom. The number of para-hydroxylation sites is 4. The van der Waals surface area contributed by atoms with Crippen molar-refractivity contribution < 1.29 is 66.6 Å². The Hall–Kier alpha value is -11.2. The zero-order valence-electron chi connectivity index (χ0n) is 58.7. The number of ether oxygens (including phenoxy) is 9. The van der Waals surface area contributed by atoms with Crippen LogP contribution in [0.3, 0.4) is 0 Å². The molecule has 2 atom stereocenters. The summed E-state index contributed by atoms with van der Waals surface area (Å²) in [5.41, 5.74) is 2.44. The number of esters is 5. The summed E-state index contributed by atoms with van der Waals surface area (Å²) in [6.07, 6.45) is 5.60. The van der Waals surface area contributed by atoms with E-state index in [-0.39, 0.29) is 86.9 Å². The van der Waals surface area contributed by atoms with Crippen LogP contribution in [-0.2, 0) is 49.3 Å². The lowest BCUT2D eigenvalue weighted by Crippen LogP contribution is -2.31. The minimum atomic E-state index is -0.522. The van der Waals surface area contributed by atoms with Crippen LogP contribution < -0.4 is 23.7 Å². The molecule has 0 aromatic heterocycles. The molecule has 14 nitrogen and oxygen atoms in total. The Morgan fingerprint density at radius 1 is 0.288 bits per heavy atom. The van der Waals surface area contributed by atoms with Gasteiger partial charge in [0.2, 0.25) is 0 Å². The molecule has 0 saturated carbocycles. The summed E-state index contributed by atoms with van der Waals surface area (Å²) in [5.74, 6) is 3.54. The van der Waals surface area contributed by atoms with Crippen molar-refractivity contribution in [2.75, 3.05) is 50.3 Å². The van der Waals surface area contributed by atoms with Gasteiger partial charge in [0.15, 0.2) is 12.2 Å². The predicted molar refractivity (Wildman–Crippen MR) is 462 cm³/mol. The molecule has 18 heteroatoms. The number of hydrogen-bond donors (Lipinski definition) is 0. The summed E-state index contributed by atoms with van der Waals surface area (Å²) in [4.78, 5) is 61.1. The van der Waals surface area contributed by atoms with Gasteiger partial charge in [0.05, 0.1) is 5.25 Å². The molecule has 0 spiro atoms. The number of hydrogen-bond acceptors (Lipinski definition) is 18. The highest BCUT2D eigenvalue weighted by Crippen LogP contribution is 2.30. The van der Waals surface area contributed by atoms with Crippen LogP contribution in [0.5, 0.6) is 28.7 Å². The molecule has 0 N–H and O–H groups in total. The molecular formula is C93H106O14S4. The van der Waals surface area contributed by atoms with Gasteiger partial charge >= 0.3 is 29.8 Å². The fourth-order valence-electron chi connectivity index (χ4n) is 8.64. The van der Waals surface area contributed by atoms with Crippen molar-refractivity contribution in [3.05, 3.63) is 372 Å². The van der Waals surface area contributed by atoms with Gasteiger partial charge in [-0.3, -0.25) is 0 Å². The van der Waals surface area contributed by atoms with Gasteiger partial charge in [0.25, 0.3) is 0 Å². The number of thioether (sulfide) groups is 4. The predicted octanol–water partition coefficient (Wildman–Crippen LogP) is 22.4. The average Bonchev–Trinajstić information content (AvgIpc) is 0.894. The lowest BCUT2D eigenvalue weighted by Gasteiger charge is -2.19. The zero-order valence-corrected chi connectivity index (χ0v) is 62.0. The van der Waals surface area contributed by atoms with E-state index in [1.54, 1.807) is 59.2 Å². The molecule has 0 saturated heterocycles. The molecule has 10 aromatic carbocycles. The Bertz CT molecular complexity index is 3810. The second-order valence-electron chi connectivity index (χ2n) is 22.0. The van der Waals surface area contributed by atoms with E-state index in [9.17, 15) is 24.0 Å². The van der Waals surface area contributed by atoms with E-state index in [0.29, 0.717) is 29.6 Å². The normalized spacial score (nSPS) is 10.2. The van der Waals surface area contributed by atoms with E-state index in [4.69, 9.17) is 42.6 Å². The van der Waals surface area contributed by atoms with Crippen molar-refractivity contribution in [3.63, 3.8) is 0 Å². The maximum absolute atomic E-state index is 11.5. The smallest absolute Gasteiger partial charge is 0.335 e. The Morgan fingerprint density at radius 2 is 0.595 bits per heavy atom. The van der Waals surface area contributed by atoms with Crippen LogP contribution in [0.15, 0.2) is 380 Å². The lowest BCUT2D eigenvalue weighted by molar-refractivity contribution is -0.146. The molecular weight excluding hydrogens is 1470 g/mol. The molecule has 0 heterocycles. The Labute approximate surface area is 676 Å². The van der Waals surface area contributed by atoms with E-state index < -0.39 is 30.1 Å². The number of benzene rings is 10. The Kier molecular flexibility index (Phi) is 53.5. The van der Waals surface area contributed by atoms with Crippen LogP contribution in [0.1, 0.15) is 48.3 Å². The van der Waals surface area contributed by atoms with Crippen molar-refractivity contribution in [3.8, 4) is 28.7 Å². The van der Waals surface area contributed by atoms with Crippen LogP contribution in [-0.4, -0.2) is 104 Å². The molecule has 10 rings (SSSR count). The molecule has 111 heavy (non-hydrogen) atoms. The fourth-order valence-corrected chi connectivity index (χ4v) is 12.8. The third-order valence-corrected chi connectivity index (χ3v) is 18.6. The van der Waals surface area contributed by atoms with Crippen LogP contribution in [0.25, 0.3) is 0 Å². The molecule has 0 amide bonds. The molecule has 0 aliphatic heterocycles. The van der Waals surface area contributed by atoms with Crippen molar-refractivity contribution in [2.24, 2.45) is 0 Å². The first kappa shape index (κ1) is 97.9. The van der Waals surface area contributed by atoms with E-state index >= 15 is 0 Å². The second-order valence-corrected chi connectivity index (χ2v) is 26.6. The van der Waals surface area contributed by atoms with E-state index in [1.165, 1.54) is 42.9 Å². The van der Waals surface area contributed by atoms with Gasteiger partial charge < -0.3 is 42.6 Å². The summed E-state index contributed by atoms with van der Waals surface area (Å²) in [7, 11) is 0. The molecule has 586 valence electrons. The molecule has 2 unspecified atom stereocenters. The summed E-state index contributed by atoms with van der Waals surface area (Å²) in [5, 5.41) is 0.191. The molecule has 0 aliphatic rings. The van der Waals surface area contributed by atoms with Crippen LogP contribution in [0, 0.1) is 0 Å². The largest absolute Gasteiger partial charge is 0.490 e. The summed E-state index contributed by atoms with van der Waals surface area (Å²) < 4.78 is 48.6. The summed E-state index contributed by atoms with van der Waals surface area (Å²) >= 11 is 6.88. The fraction of sp³-hybridized carbons (Fsp3) is 0.194. The molecule has 10 aromatic rings. The van der Waals surface area contributed by atoms with Gasteiger partial charge in [-0.15, -0.1) is 47.0 Å². The van der Waals surface area contributed by atoms with E-state index in [2.05, 4.69) is 93.6 Å². The quantitative estimate of drug-likeness (QED) is 0.0119. The number of carbonyl (C=O) groups is 5. The van der Waals surface area contributed by atoms with Crippen molar-refractivity contribution in [1.29, 1.82) is 0 Å². The topological polar surface area (TPSA) is 168 Å². The summed E-state index contributed by atoms with van der Waals surface area (Å²) in [6, 6.07) is 95.7. The monoisotopic (exact) mass is 1570 g/mol. The highest BCUT2D eigenvalue weighted by atomic mass is 32.2. The first-order valence-electron chi connectivity index (χ1n) is 33.6. The van der Waals surface area contributed by atoms with Gasteiger partial charge in [-0.05, 0) is 127 Å². The van der Waals surface area contributed by atoms with Gasteiger partial charge in [-0.2, -0.15) is 0 Å².